The third-order valence-corrected chi connectivity index (χ3v) is 5.96. The molecule has 0 aromatic carbocycles. The zero-order valence-electron chi connectivity index (χ0n) is 17.4. The number of nitrogens with one attached hydrogen (secondary N) is 2. The highest BCUT2D eigenvalue weighted by molar-refractivity contribution is 7.09. The largest absolute Gasteiger partial charge is 0.467 e. The number of thiophene rings is 1. The van der Waals surface area contributed by atoms with Gasteiger partial charge in [0.15, 0.2) is 5.96 Å². The topological polar surface area (TPSA) is 62.0 Å². The molecule has 0 amide bonds. The Bertz CT molecular complexity index is 680. The summed E-state index contributed by atoms with van der Waals surface area (Å²) in [6.07, 6.45) is 5.07. The summed E-state index contributed by atoms with van der Waals surface area (Å²) in [5, 5.41) is 8.93. The number of aliphatic imine (C=N–C) groups is 1. The molecule has 2 N–H and O–H groups in total. The van der Waals surface area contributed by atoms with E-state index in [0.717, 1.165) is 44.3 Å². The van der Waals surface area contributed by atoms with E-state index < -0.39 is 0 Å². The molecule has 0 unspecified atom stereocenters. The van der Waals surface area contributed by atoms with Gasteiger partial charge in [0, 0.05) is 37.7 Å². The maximum Gasteiger partial charge on any atom is 0.191 e. The van der Waals surface area contributed by atoms with E-state index in [9.17, 15) is 0 Å². The summed E-state index contributed by atoms with van der Waals surface area (Å²) in [6.45, 7) is 9.42. The van der Waals surface area contributed by atoms with Crippen LogP contribution in [0.4, 0.5) is 0 Å². The van der Waals surface area contributed by atoms with Gasteiger partial charge in [0.1, 0.15) is 12.4 Å². The molecule has 3 rings (SSSR count). The fourth-order valence-electron chi connectivity index (χ4n) is 3.46. The predicted octanol–water partition coefficient (Wildman–Crippen LogP) is 3.72. The third-order valence-electron chi connectivity index (χ3n) is 5.10. The minimum absolute atomic E-state index is 0.534. The van der Waals surface area contributed by atoms with Crippen molar-refractivity contribution >= 4 is 17.3 Å². The number of furan rings is 1. The van der Waals surface area contributed by atoms with Gasteiger partial charge < -0.3 is 19.8 Å². The number of hydrogen-bond acceptors (Lipinski definition) is 5. The predicted molar refractivity (Wildman–Crippen MR) is 119 cm³/mol. The van der Waals surface area contributed by atoms with Crippen molar-refractivity contribution < 1.29 is 9.15 Å². The molecule has 0 bridgehead atoms. The minimum Gasteiger partial charge on any atom is -0.467 e. The van der Waals surface area contributed by atoms with E-state index in [1.54, 1.807) is 6.26 Å². The molecule has 3 heterocycles. The van der Waals surface area contributed by atoms with Crippen LogP contribution >= 0.6 is 11.3 Å². The Kier molecular flexibility index (Phi) is 9.56. The Morgan fingerprint density at radius 1 is 1.28 bits per heavy atom. The molecular weight excluding hydrogens is 384 g/mol. The zero-order valence-corrected chi connectivity index (χ0v) is 18.3. The summed E-state index contributed by atoms with van der Waals surface area (Å²) in [5.74, 6) is 2.47. The molecule has 0 saturated carbocycles. The summed E-state index contributed by atoms with van der Waals surface area (Å²) in [4.78, 5) is 8.85. The lowest BCUT2D eigenvalue weighted by Crippen LogP contribution is -2.39. The Hall–Kier alpha value is -1.83. The van der Waals surface area contributed by atoms with Crippen LogP contribution in [0.25, 0.3) is 0 Å². The van der Waals surface area contributed by atoms with Crippen molar-refractivity contribution in [1.29, 1.82) is 0 Å². The van der Waals surface area contributed by atoms with E-state index in [2.05, 4.69) is 40.0 Å². The van der Waals surface area contributed by atoms with Crippen molar-refractivity contribution in [2.24, 2.45) is 10.9 Å². The van der Waals surface area contributed by atoms with Crippen LogP contribution in [0.5, 0.6) is 0 Å². The molecule has 1 aliphatic heterocycles. The van der Waals surface area contributed by atoms with Crippen LogP contribution in [0, 0.1) is 5.92 Å². The van der Waals surface area contributed by atoms with Crippen LogP contribution in [0.2, 0.25) is 0 Å². The Morgan fingerprint density at radius 3 is 2.90 bits per heavy atom. The van der Waals surface area contributed by atoms with Crippen LogP contribution in [0.3, 0.4) is 0 Å². The lowest BCUT2D eigenvalue weighted by atomic mass is 9.97. The molecule has 29 heavy (non-hydrogen) atoms. The van der Waals surface area contributed by atoms with E-state index in [-0.39, 0.29) is 0 Å². The second-order valence-electron chi connectivity index (χ2n) is 7.43. The molecule has 1 saturated heterocycles. The van der Waals surface area contributed by atoms with Gasteiger partial charge in [-0.1, -0.05) is 6.07 Å². The first kappa shape index (κ1) is 21.9. The first-order valence-corrected chi connectivity index (χ1v) is 11.6. The Labute approximate surface area is 178 Å². The SMILES string of the molecule is CCNC(=NCC1CCN(Cc2cccs2)CC1)NCCCOCc1ccco1. The highest BCUT2D eigenvalue weighted by atomic mass is 32.1. The zero-order chi connectivity index (χ0) is 20.2. The van der Waals surface area contributed by atoms with Crippen molar-refractivity contribution in [2.75, 3.05) is 39.3 Å². The van der Waals surface area contributed by atoms with Gasteiger partial charge in [-0.3, -0.25) is 9.89 Å². The number of nitrogens with zero attached hydrogens (tertiary/aromatic N) is 2. The summed E-state index contributed by atoms with van der Waals surface area (Å²) in [5.41, 5.74) is 0. The van der Waals surface area contributed by atoms with Gasteiger partial charge in [-0.2, -0.15) is 0 Å². The summed E-state index contributed by atoms with van der Waals surface area (Å²) < 4.78 is 10.9. The first-order chi connectivity index (χ1) is 14.3. The van der Waals surface area contributed by atoms with E-state index in [1.165, 1.54) is 30.8 Å². The maximum absolute atomic E-state index is 5.62. The van der Waals surface area contributed by atoms with E-state index in [0.29, 0.717) is 19.1 Å². The molecule has 160 valence electrons. The average molecular weight is 419 g/mol. The third kappa shape index (κ3) is 8.20. The number of guanidine groups is 1. The molecule has 1 fully saturated rings. The molecule has 0 aliphatic carbocycles. The van der Waals surface area contributed by atoms with Crippen molar-refractivity contribution in [3.8, 4) is 0 Å². The molecule has 7 heteroatoms. The highest BCUT2D eigenvalue weighted by Gasteiger charge is 2.19. The normalized spacial score (nSPS) is 16.2. The van der Waals surface area contributed by atoms with E-state index >= 15 is 0 Å². The van der Waals surface area contributed by atoms with E-state index in [1.807, 2.05) is 23.5 Å². The average Bonchev–Trinajstić information content (AvgIpc) is 3.44. The van der Waals surface area contributed by atoms with Gasteiger partial charge in [0.2, 0.25) is 0 Å². The molecule has 2 aromatic rings. The molecular formula is C22H34N4O2S. The van der Waals surface area contributed by atoms with Crippen LogP contribution in [0.1, 0.15) is 36.8 Å². The summed E-state index contributed by atoms with van der Waals surface area (Å²) >= 11 is 1.85. The van der Waals surface area contributed by atoms with Gasteiger partial charge in [0.25, 0.3) is 0 Å². The number of rotatable bonds is 11. The molecule has 1 aliphatic rings. The lowest BCUT2D eigenvalue weighted by Gasteiger charge is -2.31. The second-order valence-corrected chi connectivity index (χ2v) is 8.46. The van der Waals surface area contributed by atoms with Crippen LogP contribution in [0.15, 0.2) is 45.3 Å². The van der Waals surface area contributed by atoms with Gasteiger partial charge in [-0.05, 0) is 68.8 Å². The van der Waals surface area contributed by atoms with Crippen molar-refractivity contribution in [2.45, 2.75) is 39.3 Å². The van der Waals surface area contributed by atoms with Gasteiger partial charge in [-0.15, -0.1) is 11.3 Å². The fraction of sp³-hybridized carbons (Fsp3) is 0.591. The maximum atomic E-state index is 5.62. The van der Waals surface area contributed by atoms with Gasteiger partial charge in [-0.25, -0.2) is 0 Å². The van der Waals surface area contributed by atoms with Crippen molar-refractivity contribution in [3.63, 3.8) is 0 Å². The highest BCUT2D eigenvalue weighted by Crippen LogP contribution is 2.20. The molecule has 6 nitrogen and oxygen atoms in total. The summed E-state index contributed by atoms with van der Waals surface area (Å²) in [7, 11) is 0. The quantitative estimate of drug-likeness (QED) is 0.331. The molecule has 2 aromatic heterocycles. The number of piperidine rings is 1. The van der Waals surface area contributed by atoms with E-state index in [4.69, 9.17) is 14.1 Å². The lowest BCUT2D eigenvalue weighted by molar-refractivity contribution is 0.105. The van der Waals surface area contributed by atoms with Crippen LogP contribution in [-0.4, -0.2) is 50.2 Å². The Morgan fingerprint density at radius 2 is 2.17 bits per heavy atom. The summed E-state index contributed by atoms with van der Waals surface area (Å²) in [6, 6.07) is 8.19. The standard InChI is InChI=1S/C22H34N4O2S/c1-2-23-22(24-10-5-13-27-18-20-6-3-14-28-20)25-16-19-8-11-26(12-9-19)17-21-7-4-15-29-21/h3-4,6-7,14-15,19H,2,5,8-13,16-18H2,1H3,(H2,23,24,25). The fourth-order valence-corrected chi connectivity index (χ4v) is 4.21. The number of ether oxygens (including phenoxy) is 1. The van der Waals surface area contributed by atoms with Crippen molar-refractivity contribution in [1.82, 2.24) is 15.5 Å². The monoisotopic (exact) mass is 418 g/mol. The number of likely N-dealkylation sites (tertiary alicyclic amines) is 1. The molecule has 0 atom stereocenters. The number of hydrogen-bond donors (Lipinski definition) is 2. The first-order valence-electron chi connectivity index (χ1n) is 10.7. The molecule has 0 spiro atoms. The van der Waals surface area contributed by atoms with Crippen LogP contribution < -0.4 is 10.6 Å². The molecule has 0 radical (unpaired) electrons. The van der Waals surface area contributed by atoms with Crippen molar-refractivity contribution in [3.05, 3.63) is 46.5 Å². The minimum atomic E-state index is 0.534. The second kappa shape index (κ2) is 12.7. The van der Waals surface area contributed by atoms with Crippen LogP contribution in [-0.2, 0) is 17.9 Å². The van der Waals surface area contributed by atoms with Gasteiger partial charge >= 0.3 is 0 Å². The smallest absolute Gasteiger partial charge is 0.191 e. The van der Waals surface area contributed by atoms with Gasteiger partial charge in [0.05, 0.1) is 6.26 Å². The Balaban J connectivity index is 1.29.